The van der Waals surface area contributed by atoms with Crippen molar-refractivity contribution in [3.8, 4) is 0 Å². The van der Waals surface area contributed by atoms with E-state index in [1.165, 1.54) is 61.2 Å². The number of Topliss-reactive ketones (excluding diaryl/α,β-unsaturated/α-hetero) is 1. The summed E-state index contributed by atoms with van der Waals surface area (Å²) in [5.41, 5.74) is 15.7. The van der Waals surface area contributed by atoms with Gasteiger partial charge < -0.3 is 22.3 Å². The number of ketones is 1. The molecule has 7 rings (SSSR count). The van der Waals surface area contributed by atoms with Crippen molar-refractivity contribution in [2.75, 3.05) is 12.4 Å². The Hall–Kier alpha value is -0.806. The molecular weight excluding hydrogens is 1700 g/mol. The van der Waals surface area contributed by atoms with Crippen molar-refractivity contribution in [3.63, 3.8) is 0 Å². The van der Waals surface area contributed by atoms with E-state index >= 15 is 0 Å². The molecule has 0 fully saturated rings. The topological polar surface area (TPSA) is 46.5 Å². The maximum atomic E-state index is 10.9. The molecule has 0 saturated carbocycles. The van der Waals surface area contributed by atoms with E-state index in [-0.39, 0.29) is 46.4 Å². The monoisotopic (exact) mass is 1830 g/mol. The van der Waals surface area contributed by atoms with Crippen LogP contribution in [0.2, 0.25) is 0 Å². The molecule has 102 heavy (non-hydrogen) atoms. The van der Waals surface area contributed by atoms with Gasteiger partial charge in [0.25, 0.3) is 0 Å². The van der Waals surface area contributed by atoms with Crippen molar-refractivity contribution in [3.05, 3.63) is 255 Å². The molecule has 3 nitrogen and oxygen atoms in total. The van der Waals surface area contributed by atoms with Crippen LogP contribution in [0.15, 0.2) is 176 Å². The van der Waals surface area contributed by atoms with Gasteiger partial charge in [-0.15, -0.1) is 59.4 Å². The summed E-state index contributed by atoms with van der Waals surface area (Å²) in [4.78, 5) is 10.7. The molecule has 7 aromatic rings. The fourth-order valence-electron chi connectivity index (χ4n) is 8.40. The van der Waals surface area contributed by atoms with Gasteiger partial charge in [0, 0.05) is 12.7 Å². The van der Waals surface area contributed by atoms with Gasteiger partial charge in [-0.3, -0.25) is 4.79 Å². The van der Waals surface area contributed by atoms with Crippen LogP contribution in [0.5, 0.6) is 0 Å². The molecule has 0 spiro atoms. The van der Waals surface area contributed by atoms with E-state index in [9.17, 15) is 9.90 Å². The van der Waals surface area contributed by atoms with E-state index in [1.807, 2.05) is 76.6 Å². The van der Waals surface area contributed by atoms with Crippen molar-refractivity contribution in [2.45, 2.75) is 256 Å². The summed E-state index contributed by atoms with van der Waals surface area (Å²) in [7, 11) is 21.2. The van der Waals surface area contributed by atoms with Crippen LogP contribution in [0, 0.1) is 6.42 Å². The first-order chi connectivity index (χ1) is 46.5. The number of carbonyl (C=O) groups is 1. The van der Waals surface area contributed by atoms with E-state index in [0.29, 0.717) is 65.5 Å². The summed E-state index contributed by atoms with van der Waals surface area (Å²) in [6.45, 7) is 57.0. The molecule has 0 aliphatic carbocycles. The molecule has 0 bridgehead atoms. The Labute approximate surface area is 702 Å². The first-order valence-corrected chi connectivity index (χ1v) is 48.7. The molecule has 0 heterocycles. The number of hydrogen-bond donors (Lipinski definition) is 1. The molecule has 4 radical (unpaired) electrons. The number of hydrogen-bond acceptors (Lipinski definition) is 3. The van der Waals surface area contributed by atoms with E-state index in [1.54, 1.807) is 27.9 Å². The van der Waals surface area contributed by atoms with E-state index < -0.39 is 22.6 Å². The summed E-state index contributed by atoms with van der Waals surface area (Å²) in [5, 5.41) is 9.91. The summed E-state index contributed by atoms with van der Waals surface area (Å²) < 4.78 is 5.42. The summed E-state index contributed by atoms with van der Waals surface area (Å²) in [5.74, 6) is 5.63. The molecule has 0 aromatic heterocycles. The average Bonchev–Trinajstić information content (AvgIpc) is 0.854. The third kappa shape index (κ3) is 58.2. The zero-order chi connectivity index (χ0) is 78.5. The number of carbonyl (C=O) groups excluding carboxylic acids is 1. The first kappa shape index (κ1) is 114. The van der Waals surface area contributed by atoms with E-state index in [2.05, 4.69) is 316 Å². The van der Waals surface area contributed by atoms with Crippen LogP contribution in [0.1, 0.15) is 317 Å². The summed E-state index contributed by atoms with van der Waals surface area (Å²) in [6, 6.07) is 61.6. The van der Waals surface area contributed by atoms with Crippen molar-refractivity contribution in [1.29, 1.82) is 0 Å². The number of methoxy groups -OCH3 is 1. The van der Waals surface area contributed by atoms with Crippen LogP contribution in [-0.4, -0.2) is 38.5 Å². The van der Waals surface area contributed by atoms with Gasteiger partial charge in [0.05, 0.1) is 41.7 Å². The molecule has 0 saturated heterocycles. The summed E-state index contributed by atoms with van der Waals surface area (Å²) in [6.07, 6.45) is 3.11. The quantitative estimate of drug-likeness (QED) is 0.0295. The second-order valence-electron chi connectivity index (χ2n) is 27.9. The molecule has 2 atom stereocenters. The van der Waals surface area contributed by atoms with Gasteiger partial charge in [-0.25, -0.2) is 0 Å². The zero-order valence-corrected chi connectivity index (χ0v) is 80.3. The normalized spacial score (nSPS) is 10.5. The molecule has 0 aliphatic rings. The molecular formula is C85H129B2Cl7I2O3P2Ti. The maximum absolute atomic E-state index is 10.9. The Morgan fingerprint density at radius 3 is 0.765 bits per heavy atom. The van der Waals surface area contributed by atoms with Crippen LogP contribution in [0.4, 0.5) is 0 Å². The van der Waals surface area contributed by atoms with Crippen LogP contribution in [-0.2, 0) is 37.8 Å². The molecule has 7 aromatic carbocycles. The fourth-order valence-corrected chi connectivity index (χ4v) is 8.53. The van der Waals surface area contributed by atoms with Gasteiger partial charge in [0.1, 0.15) is 15.1 Å². The van der Waals surface area contributed by atoms with Gasteiger partial charge in [-0.2, -0.15) is 0 Å². The Balaban J connectivity index is -0.000000199. The number of ether oxygens (including phenoxy) is 1. The van der Waals surface area contributed by atoms with Gasteiger partial charge in [-0.1, -0.05) is 345 Å². The van der Waals surface area contributed by atoms with Crippen molar-refractivity contribution in [2.24, 2.45) is 0 Å². The van der Waals surface area contributed by atoms with Gasteiger partial charge in [-0.05, 0) is 168 Å². The Morgan fingerprint density at radius 1 is 0.441 bits per heavy atom. The van der Waals surface area contributed by atoms with E-state index in [0.717, 1.165) is 11.1 Å². The average molecular weight is 1830 g/mol. The van der Waals surface area contributed by atoms with Crippen LogP contribution >= 0.6 is 122 Å². The number of aliphatic hydroxyl groups is 1. The van der Waals surface area contributed by atoms with Crippen LogP contribution in [0.25, 0.3) is 0 Å². The number of alkyl halides is 3. The number of benzene rings is 7. The van der Waals surface area contributed by atoms with Crippen molar-refractivity contribution >= 4 is 143 Å². The summed E-state index contributed by atoms with van der Waals surface area (Å²) >= 11 is 19.4. The predicted molar refractivity (Wildman–Crippen MR) is 483 cm³/mol. The molecule has 0 aliphatic heterocycles. The Kier molecular flexibility index (Phi) is 75.3. The predicted octanol–water partition coefficient (Wildman–Crippen LogP) is 28.4. The molecule has 570 valence electrons. The standard InChI is InChI=1S/C13H20O.C12H17Cl.C12H18O.2C12H18.C11H14O.C9H12.C3H7.CH2Cl2.2BHIP.4ClH.Ti/c1-10(2)11-6-8-12(9-7-11)13(3,4)14-5;2*1-9(2)10-5-7-11(8-6-10)12(3,4)13;2*1-9(2)11-5-7-12(8-6-11)10(3)4;1-8(2)10-4-6-11(7-5-10)9(3)12;1-8(2)9-6-4-3-5-7-9;1-3-2;2-1-3;2*1-3-2;;;;;/h6-10H,1-5H3;5-9H,1-4H3;5-9,13H,1-4H3;2*5-10H,1-4H3;4-8H,1-3H3;3-8H,1-2H3;3H,1-2H3;1H2;2*3H;4*1H;/q;;;;;;;+1;;;;;;;;+2/p-3. The second-order valence-corrected chi connectivity index (χ2v) is 36.4. The molecule has 1 N–H and O–H groups in total. The third-order valence-electron chi connectivity index (χ3n) is 15.3. The number of halogens is 9. The Morgan fingerprint density at radius 2 is 0.608 bits per heavy atom. The number of rotatable bonds is 14. The van der Waals surface area contributed by atoms with Crippen LogP contribution in [0.3, 0.4) is 0 Å². The fraction of sp³-hybridized carbons (Fsp3) is 0.482. The second kappa shape index (κ2) is 67.1. The molecule has 2 unspecified atom stereocenters. The van der Waals surface area contributed by atoms with E-state index in [4.69, 9.17) is 73.3 Å². The van der Waals surface area contributed by atoms with Gasteiger partial charge in [0.15, 0.2) is 5.78 Å². The van der Waals surface area contributed by atoms with Crippen molar-refractivity contribution < 1.29 is 44.1 Å². The first-order valence-electron chi connectivity index (χ1n) is 34.6. The SMILES string of the molecule is CC(=O)c1ccc(C(C)C)cc1.CC(C)c1ccc(C(C)(C)Cl)cc1.CC(C)c1ccc(C(C)(C)O)cc1.CC(C)c1ccc(C(C)C)cc1.CC(C)c1ccc(C(C)C)cc1.CC(C)c1ccccc1.COC(C)(C)c1ccc(C(C)C)cc1.C[CH+]C.Cl.ClCCl.[B]PI.[B]PI.[Cl-].[Cl][Ti][Cl]. The van der Waals surface area contributed by atoms with Crippen molar-refractivity contribution in [1.82, 2.24) is 0 Å². The van der Waals surface area contributed by atoms with Crippen LogP contribution < -0.4 is 12.4 Å². The van der Waals surface area contributed by atoms with Gasteiger partial charge >= 0.3 is 35.6 Å². The molecule has 0 amide bonds. The third-order valence-corrected chi connectivity index (χ3v) is 15.5. The minimum absolute atomic E-state index is 0. The zero-order valence-electron chi connectivity index (χ0n) is 67.1. The Bertz CT molecular complexity index is 2820. The molecule has 17 heteroatoms. The minimum atomic E-state index is -0.727. The van der Waals surface area contributed by atoms with Gasteiger partial charge in [0.2, 0.25) is 0 Å².